The number of piperidine rings is 1. The largest absolute Gasteiger partial charge is 0.389 e. The summed E-state index contributed by atoms with van der Waals surface area (Å²) in [6.07, 6.45) is 3.84. The van der Waals surface area contributed by atoms with Crippen molar-refractivity contribution in [3.05, 3.63) is 17.5 Å². The van der Waals surface area contributed by atoms with Gasteiger partial charge >= 0.3 is 0 Å². The molecule has 1 fully saturated rings. The van der Waals surface area contributed by atoms with Gasteiger partial charge < -0.3 is 20.6 Å². The Morgan fingerprint density at radius 2 is 2.19 bits per heavy atom. The molecule has 1 aromatic rings. The van der Waals surface area contributed by atoms with Crippen LogP contribution in [0.25, 0.3) is 0 Å². The van der Waals surface area contributed by atoms with Crippen LogP contribution in [0.3, 0.4) is 0 Å². The lowest BCUT2D eigenvalue weighted by Gasteiger charge is -2.31. The maximum Gasteiger partial charge on any atom is 0.271 e. The number of aliphatic hydroxyl groups excluding tert-OH is 1. The van der Waals surface area contributed by atoms with E-state index in [-0.39, 0.29) is 30.6 Å². The highest BCUT2D eigenvalue weighted by atomic mass is 16.3. The molecule has 1 atom stereocenters. The summed E-state index contributed by atoms with van der Waals surface area (Å²) in [5, 5.41) is 19.5. The standard InChI is InChI=1S/C18H29N5O3/c1-2-7-22-8-4-13(5-9-22)3-6-19-17(25)15-10-16-18(26)20-11-14(24)12-23(16)21-15/h10,13-14,24H,2-9,11-12H2,1H3,(H,19,25)(H,20,26)/t14-/m1/s1. The molecule has 3 heterocycles. The number of aromatic nitrogens is 2. The van der Waals surface area contributed by atoms with Gasteiger partial charge in [-0.1, -0.05) is 6.92 Å². The monoisotopic (exact) mass is 363 g/mol. The normalized spacial score (nSPS) is 21.8. The number of hydrogen-bond acceptors (Lipinski definition) is 5. The van der Waals surface area contributed by atoms with Gasteiger partial charge in [-0.15, -0.1) is 0 Å². The van der Waals surface area contributed by atoms with Crippen LogP contribution >= 0.6 is 0 Å². The number of fused-ring (bicyclic) bond motifs is 1. The maximum atomic E-state index is 12.3. The van der Waals surface area contributed by atoms with Crippen molar-refractivity contribution in [2.24, 2.45) is 5.92 Å². The van der Waals surface area contributed by atoms with Gasteiger partial charge in [0, 0.05) is 19.2 Å². The topological polar surface area (TPSA) is 99.5 Å². The Balaban J connectivity index is 1.47. The molecule has 0 saturated carbocycles. The number of likely N-dealkylation sites (tertiary alicyclic amines) is 1. The van der Waals surface area contributed by atoms with E-state index in [2.05, 4.69) is 27.6 Å². The van der Waals surface area contributed by atoms with Crippen LogP contribution < -0.4 is 10.6 Å². The summed E-state index contributed by atoms with van der Waals surface area (Å²) in [7, 11) is 0. The lowest BCUT2D eigenvalue weighted by atomic mass is 9.93. The van der Waals surface area contributed by atoms with Crippen LogP contribution in [0, 0.1) is 5.92 Å². The first-order valence-electron chi connectivity index (χ1n) is 9.61. The second-order valence-electron chi connectivity index (χ2n) is 7.29. The lowest BCUT2D eigenvalue weighted by Crippen LogP contribution is -2.35. The van der Waals surface area contributed by atoms with E-state index in [1.807, 2.05) is 0 Å². The molecule has 26 heavy (non-hydrogen) atoms. The first-order valence-corrected chi connectivity index (χ1v) is 9.61. The van der Waals surface area contributed by atoms with Crippen molar-refractivity contribution < 1.29 is 14.7 Å². The van der Waals surface area contributed by atoms with Crippen LogP contribution in [-0.4, -0.2) is 70.4 Å². The molecule has 3 N–H and O–H groups in total. The van der Waals surface area contributed by atoms with Crippen LogP contribution in [0.2, 0.25) is 0 Å². The Bertz CT molecular complexity index is 637. The average Bonchev–Trinajstić information content (AvgIpc) is 3.00. The number of aliphatic hydroxyl groups is 1. The van der Waals surface area contributed by atoms with E-state index in [4.69, 9.17) is 0 Å². The Morgan fingerprint density at radius 1 is 1.42 bits per heavy atom. The molecule has 144 valence electrons. The number of carbonyl (C=O) groups is 2. The van der Waals surface area contributed by atoms with Gasteiger partial charge in [0.15, 0.2) is 5.69 Å². The maximum absolute atomic E-state index is 12.3. The van der Waals surface area contributed by atoms with Crippen LogP contribution in [0.1, 0.15) is 53.6 Å². The third-order valence-corrected chi connectivity index (χ3v) is 5.21. The van der Waals surface area contributed by atoms with E-state index < -0.39 is 6.10 Å². The molecule has 1 saturated heterocycles. The Morgan fingerprint density at radius 3 is 2.92 bits per heavy atom. The minimum absolute atomic E-state index is 0.195. The van der Waals surface area contributed by atoms with E-state index in [1.165, 1.54) is 36.6 Å². The second kappa shape index (κ2) is 8.64. The van der Waals surface area contributed by atoms with Gasteiger partial charge in [-0.2, -0.15) is 5.10 Å². The van der Waals surface area contributed by atoms with Crippen LogP contribution in [0.4, 0.5) is 0 Å². The smallest absolute Gasteiger partial charge is 0.271 e. The Labute approximate surface area is 153 Å². The van der Waals surface area contributed by atoms with Crippen molar-refractivity contribution in [2.75, 3.05) is 32.7 Å². The van der Waals surface area contributed by atoms with Crippen molar-refractivity contribution >= 4 is 11.8 Å². The quantitative estimate of drug-likeness (QED) is 0.672. The summed E-state index contributed by atoms with van der Waals surface area (Å²) in [5.74, 6) is 0.0752. The molecule has 8 heteroatoms. The number of amides is 2. The average molecular weight is 363 g/mol. The molecular formula is C18H29N5O3. The van der Waals surface area contributed by atoms with Gasteiger partial charge in [-0.3, -0.25) is 14.3 Å². The number of nitrogens with one attached hydrogen (secondary N) is 2. The second-order valence-corrected chi connectivity index (χ2v) is 7.29. The van der Waals surface area contributed by atoms with Gasteiger partial charge in [0.2, 0.25) is 0 Å². The third-order valence-electron chi connectivity index (χ3n) is 5.21. The van der Waals surface area contributed by atoms with Gasteiger partial charge in [0.25, 0.3) is 11.8 Å². The summed E-state index contributed by atoms with van der Waals surface area (Å²) in [4.78, 5) is 26.8. The molecule has 0 aliphatic carbocycles. The molecule has 0 bridgehead atoms. The molecule has 1 aromatic heterocycles. The van der Waals surface area contributed by atoms with Crippen LogP contribution in [-0.2, 0) is 6.54 Å². The van der Waals surface area contributed by atoms with Crippen molar-refractivity contribution in [3.63, 3.8) is 0 Å². The number of nitrogens with zero attached hydrogens (tertiary/aromatic N) is 3. The zero-order valence-corrected chi connectivity index (χ0v) is 15.4. The molecule has 2 aliphatic rings. The summed E-state index contributed by atoms with van der Waals surface area (Å²) in [6, 6.07) is 1.49. The van der Waals surface area contributed by atoms with E-state index in [0.717, 1.165) is 19.5 Å². The fraction of sp³-hybridized carbons (Fsp3) is 0.722. The molecule has 0 spiro atoms. The van der Waals surface area contributed by atoms with Crippen molar-refractivity contribution in [3.8, 4) is 0 Å². The number of β-amino-alcohol motifs (C(OH)–C–C–N with tert-alkyl or cyclic N) is 1. The number of carbonyl (C=O) groups excluding carboxylic acids is 2. The van der Waals surface area contributed by atoms with Crippen molar-refractivity contribution in [2.45, 2.75) is 45.3 Å². The molecular weight excluding hydrogens is 334 g/mol. The van der Waals surface area contributed by atoms with Gasteiger partial charge in [-0.05, 0) is 51.2 Å². The highest BCUT2D eigenvalue weighted by molar-refractivity contribution is 5.98. The molecule has 3 rings (SSSR count). The fourth-order valence-corrected chi connectivity index (χ4v) is 3.71. The third kappa shape index (κ3) is 4.62. The zero-order chi connectivity index (χ0) is 18.5. The van der Waals surface area contributed by atoms with E-state index in [9.17, 15) is 14.7 Å². The molecule has 8 nitrogen and oxygen atoms in total. The SMILES string of the molecule is CCCN1CCC(CCNC(=O)c2cc3n(n2)C[C@H](O)CNC3=O)CC1. The summed E-state index contributed by atoms with van der Waals surface area (Å²) in [5.41, 5.74) is 0.539. The minimum atomic E-state index is -0.699. The molecule has 2 amide bonds. The fourth-order valence-electron chi connectivity index (χ4n) is 3.71. The first-order chi connectivity index (χ1) is 12.6. The van der Waals surface area contributed by atoms with Crippen LogP contribution in [0.15, 0.2) is 6.07 Å². The molecule has 2 aliphatic heterocycles. The molecule has 0 radical (unpaired) electrons. The highest BCUT2D eigenvalue weighted by Gasteiger charge is 2.24. The minimum Gasteiger partial charge on any atom is -0.389 e. The summed E-state index contributed by atoms with van der Waals surface area (Å²) in [6.45, 7) is 6.71. The lowest BCUT2D eigenvalue weighted by molar-refractivity contribution is 0.0931. The number of hydrogen-bond donors (Lipinski definition) is 3. The van der Waals surface area contributed by atoms with Crippen molar-refractivity contribution in [1.82, 2.24) is 25.3 Å². The summed E-state index contributed by atoms with van der Waals surface area (Å²) >= 11 is 0. The predicted octanol–water partition coefficient (Wildman–Crippen LogP) is 0.229. The van der Waals surface area contributed by atoms with Gasteiger partial charge in [0.05, 0.1) is 12.6 Å². The number of rotatable bonds is 6. The van der Waals surface area contributed by atoms with E-state index in [1.54, 1.807) is 0 Å². The molecule has 0 unspecified atom stereocenters. The van der Waals surface area contributed by atoms with E-state index in [0.29, 0.717) is 18.2 Å². The van der Waals surface area contributed by atoms with E-state index >= 15 is 0 Å². The van der Waals surface area contributed by atoms with Crippen molar-refractivity contribution in [1.29, 1.82) is 0 Å². The Kier molecular flexibility index (Phi) is 6.26. The predicted molar refractivity (Wildman–Crippen MR) is 97.0 cm³/mol. The van der Waals surface area contributed by atoms with Crippen LogP contribution in [0.5, 0.6) is 0 Å². The highest BCUT2D eigenvalue weighted by Crippen LogP contribution is 2.20. The van der Waals surface area contributed by atoms with Gasteiger partial charge in [-0.25, -0.2) is 0 Å². The molecule has 0 aromatic carbocycles. The first kappa shape index (κ1) is 18.8. The zero-order valence-electron chi connectivity index (χ0n) is 15.4. The Hall–Kier alpha value is -1.93. The van der Waals surface area contributed by atoms with Gasteiger partial charge in [0.1, 0.15) is 5.69 Å². The summed E-state index contributed by atoms with van der Waals surface area (Å²) < 4.78 is 1.41.